The summed E-state index contributed by atoms with van der Waals surface area (Å²) in [6.45, 7) is 5.46. The van der Waals surface area contributed by atoms with E-state index in [0.717, 1.165) is 11.5 Å². The maximum Gasteiger partial charge on any atom is 0.123 e. The number of ether oxygens (including phenoxy) is 2. The lowest BCUT2D eigenvalue weighted by Gasteiger charge is -2.40. The molecular weight excluding hydrogens is 266 g/mol. The molecule has 0 radical (unpaired) electrons. The van der Waals surface area contributed by atoms with Gasteiger partial charge in [0.2, 0.25) is 0 Å². The molecule has 0 spiro atoms. The highest BCUT2D eigenvalue weighted by Gasteiger charge is 2.26. The molecule has 1 saturated heterocycles. The van der Waals surface area contributed by atoms with Gasteiger partial charge in [-0.2, -0.15) is 0 Å². The Labute approximate surface area is 127 Å². The van der Waals surface area contributed by atoms with Gasteiger partial charge in [-0.15, -0.1) is 0 Å². The first kappa shape index (κ1) is 16.1. The van der Waals surface area contributed by atoms with Crippen molar-refractivity contribution in [3.63, 3.8) is 0 Å². The van der Waals surface area contributed by atoms with Crippen LogP contribution in [-0.2, 0) is 0 Å². The third-order valence-corrected chi connectivity index (χ3v) is 4.28. The van der Waals surface area contributed by atoms with Crippen LogP contribution < -0.4 is 9.47 Å². The molecule has 4 heteroatoms. The second-order valence-electron chi connectivity index (χ2n) is 5.97. The van der Waals surface area contributed by atoms with Crippen LogP contribution in [0.15, 0.2) is 24.3 Å². The van der Waals surface area contributed by atoms with E-state index >= 15 is 0 Å². The highest BCUT2D eigenvalue weighted by atomic mass is 16.5. The summed E-state index contributed by atoms with van der Waals surface area (Å²) in [7, 11) is 1.63. The van der Waals surface area contributed by atoms with Gasteiger partial charge in [0.05, 0.1) is 7.11 Å². The summed E-state index contributed by atoms with van der Waals surface area (Å²) < 4.78 is 10.8. The lowest BCUT2D eigenvalue weighted by molar-refractivity contribution is 0.0208. The Kier molecular flexibility index (Phi) is 5.88. The van der Waals surface area contributed by atoms with E-state index in [1.165, 1.54) is 19.3 Å². The minimum absolute atomic E-state index is 0.309. The van der Waals surface area contributed by atoms with Crippen LogP contribution in [0.25, 0.3) is 0 Å². The third kappa shape index (κ3) is 4.61. The number of methoxy groups -OCH3 is 1. The number of hydrogen-bond donors (Lipinski definition) is 1. The fourth-order valence-corrected chi connectivity index (χ4v) is 3.01. The predicted octanol–water partition coefficient (Wildman–Crippen LogP) is 2.70. The summed E-state index contributed by atoms with van der Waals surface area (Å²) >= 11 is 0. The van der Waals surface area contributed by atoms with Gasteiger partial charge in [-0.25, -0.2) is 0 Å². The second-order valence-corrected chi connectivity index (χ2v) is 5.97. The molecule has 1 fully saturated rings. The standard InChI is InChI=1S/C17H27NO3/c1-13-6-4-7-14(2)18(13)11-15(19)12-21-17-9-5-8-16(10-17)20-3/h5,8-10,13-15,19H,4,6-7,11-12H2,1-3H3/t13-,14-,15+/m0/s1. The molecule has 1 aliphatic heterocycles. The molecule has 3 atom stereocenters. The van der Waals surface area contributed by atoms with E-state index in [0.29, 0.717) is 25.2 Å². The number of β-amino-alcohol motifs (C(OH)–C–C–N with tert-alkyl or cyclic N) is 1. The van der Waals surface area contributed by atoms with Gasteiger partial charge in [-0.3, -0.25) is 4.90 Å². The van der Waals surface area contributed by atoms with Gasteiger partial charge in [0.1, 0.15) is 24.2 Å². The molecule has 1 aromatic carbocycles. The van der Waals surface area contributed by atoms with Crippen molar-refractivity contribution in [3.8, 4) is 11.5 Å². The maximum absolute atomic E-state index is 10.2. The molecule has 1 N–H and O–H groups in total. The van der Waals surface area contributed by atoms with Gasteiger partial charge < -0.3 is 14.6 Å². The van der Waals surface area contributed by atoms with Crippen molar-refractivity contribution < 1.29 is 14.6 Å². The normalized spacial score (nSPS) is 24.6. The van der Waals surface area contributed by atoms with Crippen molar-refractivity contribution in [3.05, 3.63) is 24.3 Å². The largest absolute Gasteiger partial charge is 0.497 e. The molecule has 0 unspecified atom stereocenters. The Hall–Kier alpha value is -1.26. The van der Waals surface area contributed by atoms with E-state index in [1.807, 2.05) is 24.3 Å². The lowest BCUT2D eigenvalue weighted by Crippen LogP contribution is -2.48. The van der Waals surface area contributed by atoms with Gasteiger partial charge in [0, 0.05) is 24.7 Å². The highest BCUT2D eigenvalue weighted by Crippen LogP contribution is 2.23. The van der Waals surface area contributed by atoms with E-state index in [4.69, 9.17) is 9.47 Å². The number of nitrogens with zero attached hydrogens (tertiary/aromatic N) is 1. The van der Waals surface area contributed by atoms with Gasteiger partial charge in [0.25, 0.3) is 0 Å². The Balaban J connectivity index is 1.82. The Morgan fingerprint density at radius 2 is 1.90 bits per heavy atom. The highest BCUT2D eigenvalue weighted by molar-refractivity contribution is 5.32. The quantitative estimate of drug-likeness (QED) is 0.875. The molecule has 1 aliphatic rings. The molecule has 2 rings (SSSR count). The van der Waals surface area contributed by atoms with Crippen LogP contribution in [0.5, 0.6) is 11.5 Å². The monoisotopic (exact) mass is 293 g/mol. The van der Waals surface area contributed by atoms with Crippen LogP contribution in [0.1, 0.15) is 33.1 Å². The number of hydrogen-bond acceptors (Lipinski definition) is 4. The zero-order valence-electron chi connectivity index (χ0n) is 13.3. The zero-order valence-corrected chi connectivity index (χ0v) is 13.3. The van der Waals surface area contributed by atoms with Gasteiger partial charge in [-0.1, -0.05) is 12.5 Å². The van der Waals surface area contributed by atoms with Crippen LogP contribution >= 0.6 is 0 Å². The fourth-order valence-electron chi connectivity index (χ4n) is 3.01. The van der Waals surface area contributed by atoms with E-state index in [1.54, 1.807) is 7.11 Å². The summed E-state index contributed by atoms with van der Waals surface area (Å²) in [5, 5.41) is 10.2. The lowest BCUT2D eigenvalue weighted by atomic mass is 9.97. The van der Waals surface area contributed by atoms with Crippen molar-refractivity contribution >= 4 is 0 Å². The topological polar surface area (TPSA) is 41.9 Å². The Bertz CT molecular complexity index is 428. The summed E-state index contributed by atoms with van der Waals surface area (Å²) in [6.07, 6.45) is 3.25. The third-order valence-electron chi connectivity index (χ3n) is 4.28. The second kappa shape index (κ2) is 7.66. The van der Waals surface area contributed by atoms with Gasteiger partial charge >= 0.3 is 0 Å². The smallest absolute Gasteiger partial charge is 0.123 e. The molecule has 0 aliphatic carbocycles. The molecule has 0 aromatic heterocycles. The molecule has 1 aromatic rings. The van der Waals surface area contributed by atoms with E-state index in [9.17, 15) is 5.11 Å². The Morgan fingerprint density at radius 1 is 1.24 bits per heavy atom. The van der Waals surface area contributed by atoms with Crippen LogP contribution in [0.3, 0.4) is 0 Å². The predicted molar refractivity (Wildman–Crippen MR) is 84.0 cm³/mol. The van der Waals surface area contributed by atoms with Crippen molar-refractivity contribution in [2.45, 2.75) is 51.3 Å². The number of rotatable bonds is 6. The number of aliphatic hydroxyl groups is 1. The Morgan fingerprint density at radius 3 is 2.57 bits per heavy atom. The number of benzene rings is 1. The van der Waals surface area contributed by atoms with Gasteiger partial charge in [0.15, 0.2) is 0 Å². The summed E-state index contributed by atoms with van der Waals surface area (Å²) in [6, 6.07) is 8.55. The van der Waals surface area contributed by atoms with Crippen molar-refractivity contribution in [2.75, 3.05) is 20.3 Å². The van der Waals surface area contributed by atoms with Crippen LogP contribution in [0, 0.1) is 0 Å². The number of likely N-dealkylation sites (tertiary alicyclic amines) is 1. The van der Waals surface area contributed by atoms with Crippen molar-refractivity contribution in [1.29, 1.82) is 0 Å². The molecule has 0 amide bonds. The van der Waals surface area contributed by atoms with E-state index in [-0.39, 0.29) is 0 Å². The minimum atomic E-state index is -0.473. The average molecular weight is 293 g/mol. The molecule has 0 saturated carbocycles. The molecule has 21 heavy (non-hydrogen) atoms. The van der Waals surface area contributed by atoms with Crippen molar-refractivity contribution in [2.24, 2.45) is 0 Å². The van der Waals surface area contributed by atoms with E-state index < -0.39 is 6.10 Å². The van der Waals surface area contributed by atoms with Crippen LogP contribution in [0.4, 0.5) is 0 Å². The van der Waals surface area contributed by atoms with Gasteiger partial charge in [-0.05, 0) is 38.8 Å². The minimum Gasteiger partial charge on any atom is -0.497 e. The molecule has 1 heterocycles. The molecule has 4 nitrogen and oxygen atoms in total. The SMILES string of the molecule is COc1cccc(OC[C@H](O)CN2[C@@H](C)CCC[C@@H]2C)c1. The first-order valence-corrected chi connectivity index (χ1v) is 7.81. The first-order valence-electron chi connectivity index (χ1n) is 7.81. The summed E-state index contributed by atoms with van der Waals surface area (Å²) in [5.41, 5.74) is 0. The average Bonchev–Trinajstić information content (AvgIpc) is 2.49. The molecule has 0 bridgehead atoms. The molecular formula is C17H27NO3. The fraction of sp³-hybridized carbons (Fsp3) is 0.647. The van der Waals surface area contributed by atoms with Crippen molar-refractivity contribution in [1.82, 2.24) is 4.90 Å². The number of piperidine rings is 1. The zero-order chi connectivity index (χ0) is 15.2. The van der Waals surface area contributed by atoms with E-state index in [2.05, 4.69) is 18.7 Å². The summed E-state index contributed by atoms with van der Waals surface area (Å²) in [4.78, 5) is 2.39. The molecule has 118 valence electrons. The number of aliphatic hydroxyl groups excluding tert-OH is 1. The maximum atomic E-state index is 10.2. The van der Waals surface area contributed by atoms with Crippen LogP contribution in [-0.4, -0.2) is 48.5 Å². The first-order chi connectivity index (χ1) is 10.1. The summed E-state index contributed by atoms with van der Waals surface area (Å²) in [5.74, 6) is 1.49. The van der Waals surface area contributed by atoms with Crippen LogP contribution in [0.2, 0.25) is 0 Å².